The lowest BCUT2D eigenvalue weighted by atomic mass is 9.95. The number of halogens is 1. The predicted molar refractivity (Wildman–Crippen MR) is 109 cm³/mol. The Bertz CT molecular complexity index is 1030. The van der Waals surface area contributed by atoms with Gasteiger partial charge >= 0.3 is 0 Å². The molecule has 3 aromatic rings. The molecule has 0 radical (unpaired) electrons. The quantitative estimate of drug-likeness (QED) is 0.647. The number of aliphatic hydroxyl groups is 1. The van der Waals surface area contributed by atoms with Gasteiger partial charge in [-0.3, -0.25) is 4.79 Å². The van der Waals surface area contributed by atoms with Crippen molar-refractivity contribution in [2.75, 3.05) is 20.8 Å². The van der Waals surface area contributed by atoms with Gasteiger partial charge in [0.25, 0.3) is 5.91 Å². The van der Waals surface area contributed by atoms with E-state index in [0.717, 1.165) is 20.1 Å². The van der Waals surface area contributed by atoms with Gasteiger partial charge in [-0.15, -0.1) is 11.3 Å². The minimum absolute atomic E-state index is 0.0994. The number of benzene rings is 2. The average molecular weight is 448 g/mol. The van der Waals surface area contributed by atoms with Gasteiger partial charge in [0.2, 0.25) is 0 Å². The van der Waals surface area contributed by atoms with E-state index in [1.807, 2.05) is 24.3 Å². The number of nitrogens with zero attached hydrogens (tertiary/aromatic N) is 1. The summed E-state index contributed by atoms with van der Waals surface area (Å²) in [6, 6.07) is 11.4. The molecule has 27 heavy (non-hydrogen) atoms. The molecule has 140 valence electrons. The Labute approximate surface area is 169 Å². The van der Waals surface area contributed by atoms with Gasteiger partial charge in [0, 0.05) is 20.3 Å². The second kappa shape index (κ2) is 7.14. The molecule has 1 aliphatic heterocycles. The highest BCUT2D eigenvalue weighted by Gasteiger charge is 2.32. The van der Waals surface area contributed by atoms with Crippen LogP contribution in [0.4, 0.5) is 0 Å². The first kappa shape index (κ1) is 18.3. The monoisotopic (exact) mass is 447 g/mol. The molecular formula is C20H18BrNO4S. The average Bonchev–Trinajstić information content (AvgIpc) is 3.12. The van der Waals surface area contributed by atoms with Crippen molar-refractivity contribution in [3.63, 3.8) is 0 Å². The highest BCUT2D eigenvalue weighted by atomic mass is 79.9. The summed E-state index contributed by atoms with van der Waals surface area (Å²) >= 11 is 4.99. The molecule has 0 saturated heterocycles. The van der Waals surface area contributed by atoms with E-state index in [-0.39, 0.29) is 12.5 Å². The number of hydrogen-bond acceptors (Lipinski definition) is 5. The molecule has 1 aliphatic rings. The summed E-state index contributed by atoms with van der Waals surface area (Å²) in [7, 11) is 3.15. The predicted octanol–water partition coefficient (Wildman–Crippen LogP) is 4.37. The van der Waals surface area contributed by atoms with Gasteiger partial charge in [-0.05, 0) is 45.6 Å². The number of thiophene rings is 1. The Kier molecular flexibility index (Phi) is 4.84. The van der Waals surface area contributed by atoms with Crippen molar-refractivity contribution in [1.29, 1.82) is 0 Å². The number of hydrogen-bond donors (Lipinski definition) is 1. The molecule has 2 heterocycles. The maximum Gasteiger partial charge on any atom is 0.264 e. The first-order valence-electron chi connectivity index (χ1n) is 8.42. The van der Waals surface area contributed by atoms with Gasteiger partial charge in [-0.1, -0.05) is 12.1 Å². The minimum atomic E-state index is -0.830. The van der Waals surface area contributed by atoms with E-state index in [1.54, 1.807) is 31.3 Å². The molecule has 1 aromatic heterocycles. The second-order valence-corrected chi connectivity index (χ2v) is 8.24. The van der Waals surface area contributed by atoms with Gasteiger partial charge in [0.1, 0.15) is 17.6 Å². The molecule has 0 spiro atoms. The number of aliphatic hydroxyl groups excluding tert-OH is 1. The number of ether oxygens (including phenoxy) is 2. The van der Waals surface area contributed by atoms with Gasteiger partial charge in [-0.2, -0.15) is 0 Å². The SMILES string of the molecule is COc1ccc(OC)c2c1CN(C(=O)c1cc3cccc(Br)c3s1)CC2O. The number of methoxy groups -OCH3 is 2. The van der Waals surface area contributed by atoms with Crippen molar-refractivity contribution in [2.45, 2.75) is 12.6 Å². The maximum absolute atomic E-state index is 13.1. The zero-order valence-electron chi connectivity index (χ0n) is 14.9. The van der Waals surface area contributed by atoms with E-state index in [9.17, 15) is 9.90 Å². The van der Waals surface area contributed by atoms with Crippen LogP contribution < -0.4 is 9.47 Å². The van der Waals surface area contributed by atoms with Crippen LogP contribution in [0.15, 0.2) is 40.9 Å². The Hall–Kier alpha value is -2.09. The summed E-state index contributed by atoms with van der Waals surface area (Å²) in [5.74, 6) is 1.15. The molecule has 2 aromatic carbocycles. The first-order valence-corrected chi connectivity index (χ1v) is 10.0. The van der Waals surface area contributed by atoms with Crippen LogP contribution in [-0.2, 0) is 6.54 Å². The van der Waals surface area contributed by atoms with Crippen molar-refractivity contribution < 1.29 is 19.4 Å². The van der Waals surface area contributed by atoms with E-state index < -0.39 is 6.10 Å². The third-order valence-electron chi connectivity index (χ3n) is 4.78. The minimum Gasteiger partial charge on any atom is -0.496 e. The molecule has 0 aliphatic carbocycles. The van der Waals surface area contributed by atoms with E-state index in [0.29, 0.717) is 28.5 Å². The summed E-state index contributed by atoms with van der Waals surface area (Å²) in [4.78, 5) is 15.4. The topological polar surface area (TPSA) is 59.0 Å². The summed E-state index contributed by atoms with van der Waals surface area (Å²) in [5, 5.41) is 11.7. The number of carbonyl (C=O) groups excluding carboxylic acids is 1. The lowest BCUT2D eigenvalue weighted by Crippen LogP contribution is -2.38. The van der Waals surface area contributed by atoms with Crippen molar-refractivity contribution in [3.05, 3.63) is 56.9 Å². The van der Waals surface area contributed by atoms with Crippen LogP contribution in [0.5, 0.6) is 11.5 Å². The molecule has 0 saturated carbocycles. The fourth-order valence-corrected chi connectivity index (χ4v) is 5.18. The zero-order chi connectivity index (χ0) is 19.1. The maximum atomic E-state index is 13.1. The Morgan fingerprint density at radius 1 is 1.22 bits per heavy atom. The van der Waals surface area contributed by atoms with Gasteiger partial charge in [-0.25, -0.2) is 0 Å². The van der Waals surface area contributed by atoms with Crippen LogP contribution in [0, 0.1) is 0 Å². The van der Waals surface area contributed by atoms with E-state index in [4.69, 9.17) is 9.47 Å². The molecule has 1 atom stereocenters. The van der Waals surface area contributed by atoms with Crippen LogP contribution in [0.25, 0.3) is 10.1 Å². The van der Waals surface area contributed by atoms with E-state index in [1.165, 1.54) is 11.3 Å². The van der Waals surface area contributed by atoms with Crippen molar-refractivity contribution in [3.8, 4) is 11.5 Å². The van der Waals surface area contributed by atoms with Gasteiger partial charge < -0.3 is 19.5 Å². The Balaban J connectivity index is 1.72. The fourth-order valence-electron chi connectivity index (χ4n) is 3.52. The number of carbonyl (C=O) groups is 1. The normalized spacial score (nSPS) is 16.3. The van der Waals surface area contributed by atoms with Crippen LogP contribution >= 0.6 is 27.3 Å². The standard InChI is InChI=1S/C20H18BrNO4S/c1-25-15-6-7-16(26-2)18-12(15)9-22(10-14(18)23)20(24)17-8-11-4-3-5-13(21)19(11)27-17/h3-8,14,23H,9-10H2,1-2H3. The molecule has 1 N–H and O–H groups in total. The molecule has 0 bridgehead atoms. The number of fused-ring (bicyclic) bond motifs is 2. The van der Waals surface area contributed by atoms with Crippen molar-refractivity contribution in [2.24, 2.45) is 0 Å². The molecule has 1 amide bonds. The van der Waals surface area contributed by atoms with Gasteiger partial charge in [0.05, 0.1) is 32.2 Å². The smallest absolute Gasteiger partial charge is 0.264 e. The second-order valence-electron chi connectivity index (χ2n) is 6.33. The summed E-state index contributed by atoms with van der Waals surface area (Å²) in [5.41, 5.74) is 1.48. The lowest BCUT2D eigenvalue weighted by molar-refractivity contribution is 0.0543. The molecule has 0 fully saturated rings. The van der Waals surface area contributed by atoms with Crippen LogP contribution in [0.1, 0.15) is 26.9 Å². The molecule has 4 rings (SSSR count). The Morgan fingerprint density at radius 2 is 1.96 bits per heavy atom. The van der Waals surface area contributed by atoms with E-state index >= 15 is 0 Å². The summed E-state index contributed by atoms with van der Waals surface area (Å²) < 4.78 is 12.9. The highest BCUT2D eigenvalue weighted by Crippen LogP contribution is 2.40. The number of β-amino-alcohol motifs (C(OH)–C–C–N with tert-alkyl or cyclic N) is 1. The van der Waals surface area contributed by atoms with Gasteiger partial charge in [0.15, 0.2) is 0 Å². The molecule has 1 unspecified atom stereocenters. The number of rotatable bonds is 3. The number of amides is 1. The Morgan fingerprint density at radius 3 is 2.67 bits per heavy atom. The summed E-state index contributed by atoms with van der Waals surface area (Å²) in [6.45, 7) is 0.575. The third kappa shape index (κ3) is 3.09. The van der Waals surface area contributed by atoms with Crippen molar-refractivity contribution in [1.82, 2.24) is 4.90 Å². The largest absolute Gasteiger partial charge is 0.496 e. The highest BCUT2D eigenvalue weighted by molar-refractivity contribution is 9.10. The van der Waals surface area contributed by atoms with Crippen LogP contribution in [0.2, 0.25) is 0 Å². The molecule has 7 heteroatoms. The molecular weight excluding hydrogens is 430 g/mol. The van der Waals surface area contributed by atoms with Crippen LogP contribution in [0.3, 0.4) is 0 Å². The lowest BCUT2D eigenvalue weighted by Gasteiger charge is -2.33. The molecule has 5 nitrogen and oxygen atoms in total. The van der Waals surface area contributed by atoms with E-state index in [2.05, 4.69) is 15.9 Å². The summed E-state index contributed by atoms with van der Waals surface area (Å²) in [6.07, 6.45) is -0.830. The zero-order valence-corrected chi connectivity index (χ0v) is 17.3. The van der Waals surface area contributed by atoms with Crippen molar-refractivity contribution >= 4 is 43.3 Å². The van der Waals surface area contributed by atoms with Crippen LogP contribution in [-0.4, -0.2) is 36.7 Å². The first-order chi connectivity index (χ1) is 13.0. The third-order valence-corrected chi connectivity index (χ3v) is 6.88. The fraction of sp³-hybridized carbons (Fsp3) is 0.250.